The zero-order valence-corrected chi connectivity index (χ0v) is 18.9. The van der Waals surface area contributed by atoms with E-state index in [1.165, 1.54) is 24.4 Å². The predicted octanol–water partition coefficient (Wildman–Crippen LogP) is 6.31. The molecule has 0 saturated heterocycles. The molecule has 0 unspecified atom stereocenters. The molecule has 36 heavy (non-hydrogen) atoms. The molecule has 1 N–H and O–H groups in total. The van der Waals surface area contributed by atoms with Gasteiger partial charge in [-0.15, -0.1) is 11.3 Å². The van der Waals surface area contributed by atoms with E-state index < -0.39 is 24.6 Å². The van der Waals surface area contributed by atoms with Crippen molar-refractivity contribution in [2.75, 3.05) is 5.32 Å². The van der Waals surface area contributed by atoms with Crippen molar-refractivity contribution < 1.29 is 27.1 Å². The number of halogens is 4. The third kappa shape index (κ3) is 4.75. The maximum Gasteiger partial charge on any atom is 0.387 e. The first-order chi connectivity index (χ1) is 17.4. The van der Waals surface area contributed by atoms with E-state index in [-0.39, 0.29) is 27.8 Å². The van der Waals surface area contributed by atoms with Crippen molar-refractivity contribution in [3.8, 4) is 28.3 Å². The lowest BCUT2D eigenvalue weighted by Gasteiger charge is -2.08. The first-order valence-corrected chi connectivity index (χ1v) is 11.3. The summed E-state index contributed by atoms with van der Waals surface area (Å²) in [5.41, 5.74) is 1.61. The van der Waals surface area contributed by atoms with Gasteiger partial charge >= 0.3 is 6.61 Å². The van der Waals surface area contributed by atoms with Gasteiger partial charge in [0.1, 0.15) is 17.0 Å². The first kappa shape index (κ1) is 23.4. The molecule has 0 aliphatic carbocycles. The molecule has 0 aliphatic rings. The average molecular weight is 513 g/mol. The molecule has 1 amide bonds. The highest BCUT2D eigenvalue weighted by atomic mass is 32.1. The number of aromatic nitrogens is 4. The van der Waals surface area contributed by atoms with Crippen LogP contribution in [0.3, 0.4) is 0 Å². The summed E-state index contributed by atoms with van der Waals surface area (Å²) in [6, 6.07) is 15.9. The minimum Gasteiger partial charge on any atom is -0.435 e. The standard InChI is InChI=1S/C24H15F4N5O2S/c25-20(26)19-10-17(13-4-2-1-3-5-13)30-21-16(11-29-33(19)21)22(34)32-24-31-18(12-36-24)14-6-8-15(9-7-14)35-23(27)28/h1-12,20,23H,(H,31,32,34). The number of ether oxygens (including phenoxy) is 1. The highest BCUT2D eigenvalue weighted by molar-refractivity contribution is 7.14. The van der Waals surface area contributed by atoms with Crippen LogP contribution >= 0.6 is 11.3 Å². The molecular weight excluding hydrogens is 498 g/mol. The third-order valence-electron chi connectivity index (χ3n) is 5.14. The van der Waals surface area contributed by atoms with Gasteiger partial charge < -0.3 is 4.74 Å². The van der Waals surface area contributed by atoms with Crippen LogP contribution in [0.5, 0.6) is 5.75 Å². The second-order valence-corrected chi connectivity index (χ2v) is 8.28. The number of nitrogens with one attached hydrogen (secondary N) is 1. The lowest BCUT2D eigenvalue weighted by molar-refractivity contribution is -0.0498. The van der Waals surface area contributed by atoms with Gasteiger partial charge in [0.15, 0.2) is 10.8 Å². The molecule has 5 aromatic rings. The molecule has 0 bridgehead atoms. The van der Waals surface area contributed by atoms with Crippen molar-refractivity contribution in [1.29, 1.82) is 0 Å². The molecule has 2 aromatic carbocycles. The van der Waals surface area contributed by atoms with Crippen LogP contribution in [0.25, 0.3) is 28.2 Å². The number of benzene rings is 2. The van der Waals surface area contributed by atoms with E-state index in [0.29, 0.717) is 16.8 Å². The highest BCUT2D eigenvalue weighted by Gasteiger charge is 2.22. The number of hydrogen-bond donors (Lipinski definition) is 1. The van der Waals surface area contributed by atoms with Gasteiger partial charge in [0.2, 0.25) is 0 Å². The van der Waals surface area contributed by atoms with Crippen molar-refractivity contribution in [2.24, 2.45) is 0 Å². The SMILES string of the molecule is O=C(Nc1nc(-c2ccc(OC(F)F)cc2)cs1)c1cnn2c(C(F)F)cc(-c3ccccc3)nc12. The Morgan fingerprint density at radius 3 is 2.36 bits per heavy atom. The fourth-order valence-corrected chi connectivity index (χ4v) is 4.21. The Morgan fingerprint density at radius 2 is 1.67 bits per heavy atom. The molecule has 0 fully saturated rings. The molecule has 5 rings (SSSR count). The number of alkyl halides is 4. The molecule has 0 aliphatic heterocycles. The summed E-state index contributed by atoms with van der Waals surface area (Å²) < 4.78 is 57.5. The molecular formula is C24H15F4N5O2S. The van der Waals surface area contributed by atoms with E-state index in [4.69, 9.17) is 0 Å². The number of fused-ring (bicyclic) bond motifs is 1. The van der Waals surface area contributed by atoms with Crippen LogP contribution in [-0.2, 0) is 0 Å². The maximum atomic E-state index is 13.8. The molecule has 7 nitrogen and oxygen atoms in total. The van der Waals surface area contributed by atoms with Gasteiger partial charge in [-0.05, 0) is 30.3 Å². The van der Waals surface area contributed by atoms with Gasteiger partial charge in [-0.3, -0.25) is 10.1 Å². The van der Waals surface area contributed by atoms with Crippen LogP contribution in [0.4, 0.5) is 22.7 Å². The summed E-state index contributed by atoms with van der Waals surface area (Å²) in [6.45, 7) is -2.92. The topological polar surface area (TPSA) is 81.4 Å². The molecule has 3 heterocycles. The summed E-state index contributed by atoms with van der Waals surface area (Å²) in [7, 11) is 0. The van der Waals surface area contributed by atoms with E-state index in [0.717, 1.165) is 15.9 Å². The van der Waals surface area contributed by atoms with Gasteiger partial charge in [0.05, 0.1) is 17.6 Å². The van der Waals surface area contributed by atoms with Gasteiger partial charge in [-0.2, -0.15) is 13.9 Å². The monoisotopic (exact) mass is 513 g/mol. The number of hydrogen-bond acceptors (Lipinski definition) is 6. The number of thiazole rings is 1. The van der Waals surface area contributed by atoms with Crippen molar-refractivity contribution in [1.82, 2.24) is 19.6 Å². The van der Waals surface area contributed by atoms with Crippen LogP contribution in [0.15, 0.2) is 72.2 Å². The Morgan fingerprint density at radius 1 is 0.944 bits per heavy atom. The van der Waals surface area contributed by atoms with Crippen molar-refractivity contribution in [3.63, 3.8) is 0 Å². The highest BCUT2D eigenvalue weighted by Crippen LogP contribution is 2.29. The van der Waals surface area contributed by atoms with Gasteiger partial charge in [0, 0.05) is 16.5 Å². The van der Waals surface area contributed by atoms with E-state index in [9.17, 15) is 22.4 Å². The minimum absolute atomic E-state index is 0.0000631. The van der Waals surface area contributed by atoms with Crippen molar-refractivity contribution >= 4 is 28.0 Å². The quantitative estimate of drug-likeness (QED) is 0.258. The Kier molecular flexibility index (Phi) is 6.34. The number of carbonyl (C=O) groups excluding carboxylic acids is 1. The van der Waals surface area contributed by atoms with Crippen LogP contribution < -0.4 is 10.1 Å². The molecule has 182 valence electrons. The Hall–Kier alpha value is -4.32. The first-order valence-electron chi connectivity index (χ1n) is 10.4. The number of nitrogens with zero attached hydrogens (tertiary/aromatic N) is 4. The summed E-state index contributed by atoms with van der Waals surface area (Å²) in [4.78, 5) is 21.8. The summed E-state index contributed by atoms with van der Waals surface area (Å²) >= 11 is 1.14. The van der Waals surface area contributed by atoms with Crippen LogP contribution in [0.2, 0.25) is 0 Å². The predicted molar refractivity (Wildman–Crippen MR) is 126 cm³/mol. The summed E-state index contributed by atoms with van der Waals surface area (Å²) in [5.74, 6) is -0.611. The summed E-state index contributed by atoms with van der Waals surface area (Å²) in [6.07, 6.45) is -1.66. The molecule has 0 radical (unpaired) electrons. The second kappa shape index (κ2) is 9.74. The lowest BCUT2D eigenvalue weighted by atomic mass is 10.1. The van der Waals surface area contributed by atoms with Crippen LogP contribution in [-0.4, -0.2) is 32.1 Å². The van der Waals surface area contributed by atoms with Gasteiger partial charge in [-0.1, -0.05) is 30.3 Å². The number of anilines is 1. The molecule has 3 aromatic heterocycles. The third-order valence-corrected chi connectivity index (χ3v) is 5.89. The van der Waals surface area contributed by atoms with Crippen molar-refractivity contribution in [2.45, 2.75) is 13.0 Å². The van der Waals surface area contributed by atoms with Crippen LogP contribution in [0.1, 0.15) is 22.5 Å². The fourth-order valence-electron chi connectivity index (χ4n) is 3.49. The van der Waals surface area contributed by atoms with Gasteiger partial charge in [0.25, 0.3) is 12.3 Å². The van der Waals surface area contributed by atoms with Gasteiger partial charge in [-0.25, -0.2) is 23.3 Å². The number of amides is 1. The molecule has 12 heteroatoms. The Bertz CT molecular complexity index is 1520. The van der Waals surface area contributed by atoms with E-state index in [1.54, 1.807) is 47.8 Å². The van der Waals surface area contributed by atoms with E-state index in [1.807, 2.05) is 0 Å². The second-order valence-electron chi connectivity index (χ2n) is 7.42. The fraction of sp³-hybridized carbons (Fsp3) is 0.0833. The Labute approximate surface area is 205 Å². The maximum absolute atomic E-state index is 13.8. The average Bonchev–Trinajstić information content (AvgIpc) is 3.51. The number of carbonyl (C=O) groups is 1. The van der Waals surface area contributed by atoms with Crippen LogP contribution in [0, 0.1) is 0 Å². The smallest absolute Gasteiger partial charge is 0.387 e. The molecule has 0 spiro atoms. The van der Waals surface area contributed by atoms with E-state index in [2.05, 4.69) is 25.1 Å². The number of rotatable bonds is 7. The molecule has 0 saturated carbocycles. The summed E-state index contributed by atoms with van der Waals surface area (Å²) in [5, 5.41) is 8.51. The zero-order valence-electron chi connectivity index (χ0n) is 18.1. The molecule has 0 atom stereocenters. The van der Waals surface area contributed by atoms with Crippen molar-refractivity contribution in [3.05, 3.63) is 83.5 Å². The minimum atomic E-state index is -2.92. The lowest BCUT2D eigenvalue weighted by Crippen LogP contribution is -2.12. The largest absolute Gasteiger partial charge is 0.435 e. The zero-order chi connectivity index (χ0) is 25.2. The van der Waals surface area contributed by atoms with E-state index >= 15 is 0 Å². The Balaban J connectivity index is 1.42. The normalized spacial score (nSPS) is 11.4.